The van der Waals surface area contributed by atoms with Crippen LogP contribution in [0.1, 0.15) is 11.1 Å². The largest absolute Gasteiger partial charge is 0.383 e. The molecule has 4 aromatic rings. The van der Waals surface area contributed by atoms with Gasteiger partial charge in [-0.3, -0.25) is 14.5 Å². The van der Waals surface area contributed by atoms with E-state index in [1.807, 2.05) is 28.8 Å². The molecule has 4 amide bonds. The van der Waals surface area contributed by atoms with Gasteiger partial charge in [0.25, 0.3) is 11.8 Å². The minimum absolute atomic E-state index is 0.00281. The predicted octanol–water partition coefficient (Wildman–Crippen LogP) is 4.85. The molecule has 1 aliphatic rings. The fourth-order valence-electron chi connectivity index (χ4n) is 4.45. The molecule has 1 fully saturated rings. The molecular weight excluding hydrogens is 473 g/mol. The number of nitrogens with zero attached hydrogens (tertiary/aromatic N) is 3. The van der Waals surface area contributed by atoms with Gasteiger partial charge in [-0.25, -0.2) is 14.1 Å². The molecule has 0 bridgehead atoms. The van der Waals surface area contributed by atoms with Crippen molar-refractivity contribution in [1.82, 2.24) is 9.47 Å². The highest BCUT2D eigenvalue weighted by molar-refractivity contribution is 6.39. The van der Waals surface area contributed by atoms with Gasteiger partial charge in [-0.05, 0) is 30.3 Å². The Morgan fingerprint density at radius 3 is 2.32 bits per heavy atom. The van der Waals surface area contributed by atoms with E-state index in [1.165, 1.54) is 19.3 Å². The van der Waals surface area contributed by atoms with Crippen molar-refractivity contribution < 1.29 is 23.5 Å². The first-order valence-corrected chi connectivity index (χ1v) is 11.8. The number of urea groups is 1. The first kappa shape index (κ1) is 24.1. The van der Waals surface area contributed by atoms with Gasteiger partial charge in [-0.15, -0.1) is 0 Å². The number of methoxy groups -OCH3 is 1. The number of fused-ring (bicyclic) bond motifs is 1. The van der Waals surface area contributed by atoms with Crippen LogP contribution in [-0.4, -0.2) is 47.6 Å². The molecule has 2 heterocycles. The first-order valence-electron chi connectivity index (χ1n) is 11.8. The second kappa shape index (κ2) is 10.2. The number of amides is 4. The summed E-state index contributed by atoms with van der Waals surface area (Å²) in [6.07, 6.45) is 3.29. The molecule has 0 saturated carbocycles. The van der Waals surface area contributed by atoms with Crippen molar-refractivity contribution in [2.45, 2.75) is 6.54 Å². The summed E-state index contributed by atoms with van der Waals surface area (Å²) in [4.78, 5) is 42.1. The molecule has 5 rings (SSSR count). The fourth-order valence-corrected chi connectivity index (χ4v) is 4.45. The van der Waals surface area contributed by atoms with Gasteiger partial charge in [-0.1, -0.05) is 54.6 Å². The van der Waals surface area contributed by atoms with Gasteiger partial charge in [-0.2, -0.15) is 0 Å². The molecule has 8 heteroatoms. The topological polar surface area (TPSA) is 71.8 Å². The zero-order valence-electron chi connectivity index (χ0n) is 20.1. The number of imide groups is 2. The number of ether oxygens (including phenoxy) is 1. The average molecular weight is 498 g/mol. The number of aromatic nitrogens is 1. The number of carbonyl (C=O) groups is 3. The van der Waals surface area contributed by atoms with Crippen molar-refractivity contribution in [2.75, 3.05) is 25.2 Å². The molecule has 0 N–H and O–H groups in total. The molecular formula is C29H24FN3O4. The maximum absolute atomic E-state index is 14.4. The van der Waals surface area contributed by atoms with Crippen LogP contribution in [0.15, 0.2) is 90.6 Å². The number of halogens is 1. The predicted molar refractivity (Wildman–Crippen MR) is 138 cm³/mol. The van der Waals surface area contributed by atoms with E-state index in [1.54, 1.807) is 54.7 Å². The van der Waals surface area contributed by atoms with E-state index in [4.69, 9.17) is 4.74 Å². The Morgan fingerprint density at radius 1 is 0.865 bits per heavy atom. The Morgan fingerprint density at radius 2 is 1.57 bits per heavy atom. The Hall–Kier alpha value is -4.56. The van der Waals surface area contributed by atoms with Crippen LogP contribution in [0.3, 0.4) is 0 Å². The van der Waals surface area contributed by atoms with Crippen molar-refractivity contribution in [2.24, 2.45) is 0 Å². The van der Waals surface area contributed by atoms with Crippen molar-refractivity contribution >= 4 is 40.5 Å². The van der Waals surface area contributed by atoms with Gasteiger partial charge in [0.2, 0.25) is 0 Å². The summed E-state index contributed by atoms with van der Waals surface area (Å²) in [6.45, 7) is 0.396. The number of para-hydroxylation sites is 2. The summed E-state index contributed by atoms with van der Waals surface area (Å²) < 4.78 is 21.3. The lowest BCUT2D eigenvalue weighted by Crippen LogP contribution is -2.57. The van der Waals surface area contributed by atoms with Crippen molar-refractivity contribution in [3.63, 3.8) is 0 Å². The van der Waals surface area contributed by atoms with E-state index in [2.05, 4.69) is 0 Å². The van der Waals surface area contributed by atoms with E-state index >= 15 is 0 Å². The number of hydrogen-bond donors (Lipinski definition) is 0. The Balaban J connectivity index is 1.61. The summed E-state index contributed by atoms with van der Waals surface area (Å²) in [5.74, 6) is -1.71. The number of barbiturate groups is 1. The van der Waals surface area contributed by atoms with E-state index in [0.29, 0.717) is 16.8 Å². The van der Waals surface area contributed by atoms with Gasteiger partial charge in [0.15, 0.2) is 0 Å². The summed E-state index contributed by atoms with van der Waals surface area (Å²) in [6, 6.07) is 21.8. The zero-order valence-corrected chi connectivity index (χ0v) is 20.1. The Kier molecular flexibility index (Phi) is 6.66. The van der Waals surface area contributed by atoms with Crippen LogP contribution in [0.4, 0.5) is 14.9 Å². The highest BCUT2D eigenvalue weighted by Gasteiger charge is 2.42. The van der Waals surface area contributed by atoms with Gasteiger partial charge in [0.1, 0.15) is 11.4 Å². The first-order chi connectivity index (χ1) is 18.0. The van der Waals surface area contributed by atoms with Crippen molar-refractivity contribution in [3.05, 3.63) is 108 Å². The molecule has 0 aliphatic carbocycles. The molecule has 0 spiro atoms. The van der Waals surface area contributed by atoms with E-state index in [9.17, 15) is 18.8 Å². The number of benzene rings is 3. The molecule has 1 aromatic heterocycles. The summed E-state index contributed by atoms with van der Waals surface area (Å²) >= 11 is 0. The molecule has 37 heavy (non-hydrogen) atoms. The number of rotatable bonds is 7. The molecule has 1 aliphatic heterocycles. The minimum atomic E-state index is -0.725. The van der Waals surface area contributed by atoms with Crippen LogP contribution >= 0.6 is 0 Å². The Labute approximate surface area is 213 Å². The molecule has 1 saturated heterocycles. The summed E-state index contributed by atoms with van der Waals surface area (Å²) in [5.41, 5.74) is 2.16. The smallest absolute Gasteiger partial charge is 0.338 e. The second-order valence-electron chi connectivity index (χ2n) is 8.59. The van der Waals surface area contributed by atoms with Crippen LogP contribution in [0, 0.1) is 5.82 Å². The normalized spacial score (nSPS) is 15.3. The van der Waals surface area contributed by atoms with Crippen LogP contribution in [0.5, 0.6) is 0 Å². The standard InChI is InChI=1S/C29H24FN3O4/c1-37-16-15-32-27(34)24(28(35)33(29(32)36)22-10-3-2-4-11-22)17-21-19-31(26-14-8-6-12-23(21)26)18-20-9-5-7-13-25(20)30/h2-14,17,19H,15-16,18H2,1H3/b24-17-. The summed E-state index contributed by atoms with van der Waals surface area (Å²) in [5, 5.41) is 0.790. The van der Waals surface area contributed by atoms with Crippen LogP contribution < -0.4 is 4.90 Å². The second-order valence-corrected chi connectivity index (χ2v) is 8.59. The molecule has 186 valence electrons. The van der Waals surface area contributed by atoms with Crippen molar-refractivity contribution in [1.29, 1.82) is 0 Å². The quantitative estimate of drug-likeness (QED) is 0.270. The molecule has 0 radical (unpaired) electrons. The van der Waals surface area contributed by atoms with Crippen molar-refractivity contribution in [3.8, 4) is 0 Å². The third-order valence-corrected chi connectivity index (χ3v) is 6.28. The third-order valence-electron chi connectivity index (χ3n) is 6.28. The number of carbonyl (C=O) groups excluding carboxylic acids is 3. The van der Waals surface area contributed by atoms with Gasteiger partial charge in [0, 0.05) is 35.3 Å². The van der Waals surface area contributed by atoms with Crippen LogP contribution in [-0.2, 0) is 20.9 Å². The third kappa shape index (κ3) is 4.54. The SMILES string of the molecule is COCCN1C(=O)/C(=C/c2cn(Cc3ccccc3F)c3ccccc23)C(=O)N(c2ccccc2)C1=O. The van der Waals surface area contributed by atoms with Crippen LogP contribution in [0.25, 0.3) is 17.0 Å². The highest BCUT2D eigenvalue weighted by Crippen LogP contribution is 2.29. The maximum atomic E-state index is 14.4. The molecule has 0 atom stereocenters. The Bertz CT molecular complexity index is 1530. The molecule has 7 nitrogen and oxygen atoms in total. The minimum Gasteiger partial charge on any atom is -0.383 e. The average Bonchev–Trinajstić information content (AvgIpc) is 3.25. The number of anilines is 1. The van der Waals surface area contributed by atoms with Gasteiger partial charge >= 0.3 is 6.03 Å². The van der Waals surface area contributed by atoms with E-state index in [-0.39, 0.29) is 31.1 Å². The maximum Gasteiger partial charge on any atom is 0.338 e. The molecule has 0 unspecified atom stereocenters. The van der Waals surface area contributed by atoms with E-state index < -0.39 is 17.8 Å². The van der Waals surface area contributed by atoms with Gasteiger partial charge in [0.05, 0.1) is 25.4 Å². The highest BCUT2D eigenvalue weighted by atomic mass is 19.1. The number of hydrogen-bond acceptors (Lipinski definition) is 4. The lowest BCUT2D eigenvalue weighted by Gasteiger charge is -2.33. The lowest BCUT2D eigenvalue weighted by atomic mass is 10.0. The zero-order chi connectivity index (χ0) is 25.9. The van der Waals surface area contributed by atoms with Crippen LogP contribution in [0.2, 0.25) is 0 Å². The monoisotopic (exact) mass is 497 g/mol. The van der Waals surface area contributed by atoms with E-state index in [0.717, 1.165) is 20.7 Å². The van der Waals surface area contributed by atoms with Gasteiger partial charge < -0.3 is 9.30 Å². The molecule has 3 aromatic carbocycles. The fraction of sp³-hybridized carbons (Fsp3) is 0.138. The lowest BCUT2D eigenvalue weighted by molar-refractivity contribution is -0.129. The summed E-state index contributed by atoms with van der Waals surface area (Å²) in [7, 11) is 1.47.